The van der Waals surface area contributed by atoms with Crippen LogP contribution in [0.25, 0.3) is 21.5 Å². The Morgan fingerprint density at radius 1 is 0.931 bits per heavy atom. The monoisotopic (exact) mass is 386 g/mol. The number of hydrogen-bond acceptors (Lipinski definition) is 4. The second-order valence-electron chi connectivity index (χ2n) is 8.56. The van der Waals surface area contributed by atoms with E-state index in [1.165, 1.54) is 0 Å². The molecule has 0 saturated carbocycles. The smallest absolute Gasteiger partial charge is 0.318 e. The number of esters is 2. The summed E-state index contributed by atoms with van der Waals surface area (Å²) in [5.41, 5.74) is 1.11. The lowest BCUT2D eigenvalue weighted by Crippen LogP contribution is -2.46. The molecule has 4 aliphatic rings. The molecule has 3 aromatic carbocycles. The van der Waals surface area contributed by atoms with Crippen molar-refractivity contribution in [3.8, 4) is 0 Å². The Labute approximate surface area is 168 Å². The Morgan fingerprint density at radius 3 is 2.17 bits per heavy atom. The fourth-order valence-corrected chi connectivity index (χ4v) is 5.94. The van der Waals surface area contributed by atoms with Crippen LogP contribution in [-0.4, -0.2) is 24.1 Å². The van der Waals surface area contributed by atoms with E-state index in [4.69, 9.17) is 9.47 Å². The third-order valence-corrected chi connectivity index (χ3v) is 7.14. The molecular formula is C25H22O4. The number of rotatable bonds is 3. The van der Waals surface area contributed by atoms with Gasteiger partial charge in [-0.05, 0) is 51.9 Å². The average molecular weight is 386 g/mol. The fraction of sp³-hybridized carbons (Fsp3) is 0.360. The van der Waals surface area contributed by atoms with Crippen molar-refractivity contribution < 1.29 is 19.1 Å². The van der Waals surface area contributed by atoms with Gasteiger partial charge in [0, 0.05) is 0 Å². The van der Waals surface area contributed by atoms with E-state index in [1.807, 2.05) is 24.3 Å². The van der Waals surface area contributed by atoms with Crippen LogP contribution in [0.5, 0.6) is 0 Å². The molecule has 2 saturated heterocycles. The van der Waals surface area contributed by atoms with Gasteiger partial charge in [-0.15, -0.1) is 0 Å². The van der Waals surface area contributed by atoms with Crippen LogP contribution in [0.4, 0.5) is 0 Å². The van der Waals surface area contributed by atoms with Gasteiger partial charge in [0.1, 0.15) is 17.4 Å². The standard InChI is InChI=1S/C25H22O4/c1-2-3-12-19-22-21(23(26)28-19)25(24(27)29-22)13-18-14-8-4-6-10-16(14)20(25)17-11-7-5-9-15(17)18/h4-11,19,21-22H,2-3,12-13H2,1H3/t19-,21-,22-,25+/m1/s1. The number of unbranched alkanes of at least 4 members (excludes halogenated alkanes) is 1. The summed E-state index contributed by atoms with van der Waals surface area (Å²) in [5, 5.41) is 4.43. The number of carbonyl (C=O) groups excluding carboxylic acids is 2. The maximum Gasteiger partial charge on any atom is 0.318 e. The van der Waals surface area contributed by atoms with E-state index in [9.17, 15) is 9.59 Å². The van der Waals surface area contributed by atoms with Crippen molar-refractivity contribution in [2.75, 3.05) is 0 Å². The van der Waals surface area contributed by atoms with Crippen LogP contribution in [-0.2, 0) is 30.9 Å². The van der Waals surface area contributed by atoms with E-state index in [0.717, 1.165) is 51.9 Å². The van der Waals surface area contributed by atoms with E-state index in [2.05, 4.69) is 31.2 Å². The first-order valence-electron chi connectivity index (χ1n) is 10.5. The Hall–Kier alpha value is -2.88. The molecule has 0 amide bonds. The van der Waals surface area contributed by atoms with Crippen molar-refractivity contribution in [2.45, 2.75) is 50.2 Å². The summed E-state index contributed by atoms with van der Waals surface area (Å²) in [5.74, 6) is -1.11. The Kier molecular flexibility index (Phi) is 3.41. The van der Waals surface area contributed by atoms with Crippen molar-refractivity contribution >= 4 is 33.5 Å². The number of cyclic esters (lactones) is 1. The Balaban J connectivity index is 1.63. The number of benzene rings is 3. The van der Waals surface area contributed by atoms with Gasteiger partial charge in [0.25, 0.3) is 0 Å². The number of hydrogen-bond donors (Lipinski definition) is 0. The molecule has 2 bridgehead atoms. The lowest BCUT2D eigenvalue weighted by atomic mass is 9.59. The largest absolute Gasteiger partial charge is 0.458 e. The minimum atomic E-state index is -0.971. The second-order valence-corrected chi connectivity index (χ2v) is 8.56. The van der Waals surface area contributed by atoms with E-state index < -0.39 is 17.4 Å². The van der Waals surface area contributed by atoms with Gasteiger partial charge in [-0.25, -0.2) is 0 Å². The van der Waals surface area contributed by atoms with Crippen LogP contribution < -0.4 is 0 Å². The molecule has 2 heterocycles. The molecule has 3 aromatic rings. The summed E-state index contributed by atoms with van der Waals surface area (Å²) in [6, 6.07) is 16.4. The highest BCUT2D eigenvalue weighted by Crippen LogP contribution is 2.58. The van der Waals surface area contributed by atoms with E-state index in [0.29, 0.717) is 6.42 Å². The molecule has 0 radical (unpaired) electrons. The zero-order valence-electron chi connectivity index (χ0n) is 16.3. The highest BCUT2D eigenvalue weighted by atomic mass is 16.6. The molecule has 4 nitrogen and oxygen atoms in total. The van der Waals surface area contributed by atoms with Gasteiger partial charge in [-0.1, -0.05) is 61.9 Å². The summed E-state index contributed by atoms with van der Waals surface area (Å²) in [7, 11) is 0. The maximum absolute atomic E-state index is 13.5. The predicted octanol–water partition coefficient (Wildman–Crippen LogP) is 4.44. The molecule has 4 heteroatoms. The number of fused-ring (bicyclic) bond motifs is 1. The normalized spacial score (nSPS) is 29.6. The number of carbonyl (C=O) groups is 2. The highest BCUT2D eigenvalue weighted by Gasteiger charge is 2.69. The molecule has 146 valence electrons. The van der Waals surface area contributed by atoms with Gasteiger partial charge in [0.05, 0.1) is 0 Å². The third-order valence-electron chi connectivity index (χ3n) is 7.14. The summed E-state index contributed by atoms with van der Waals surface area (Å²) < 4.78 is 11.7. The predicted molar refractivity (Wildman–Crippen MR) is 110 cm³/mol. The quantitative estimate of drug-likeness (QED) is 0.493. The Bertz CT molecular complexity index is 1140. The highest BCUT2D eigenvalue weighted by molar-refractivity contribution is 6.14. The summed E-state index contributed by atoms with van der Waals surface area (Å²) in [6.07, 6.45) is 2.41. The van der Waals surface area contributed by atoms with E-state index in [-0.39, 0.29) is 18.0 Å². The lowest BCUT2D eigenvalue weighted by Gasteiger charge is -2.38. The van der Waals surface area contributed by atoms with Crippen LogP contribution in [0, 0.1) is 5.92 Å². The van der Waals surface area contributed by atoms with Crippen LogP contribution in [0.3, 0.4) is 0 Å². The van der Waals surface area contributed by atoms with Crippen molar-refractivity contribution in [1.82, 2.24) is 0 Å². The maximum atomic E-state index is 13.5. The van der Waals surface area contributed by atoms with Crippen LogP contribution in [0.15, 0.2) is 48.5 Å². The number of ether oxygens (including phenoxy) is 2. The first-order chi connectivity index (χ1) is 14.2. The fourth-order valence-electron chi connectivity index (χ4n) is 5.94. The first-order valence-corrected chi connectivity index (χ1v) is 10.5. The van der Waals surface area contributed by atoms with Crippen molar-refractivity contribution in [2.24, 2.45) is 5.92 Å². The summed E-state index contributed by atoms with van der Waals surface area (Å²) in [6.45, 7) is 2.11. The second kappa shape index (κ2) is 5.82. The zero-order valence-corrected chi connectivity index (χ0v) is 16.3. The molecule has 7 rings (SSSR count). The van der Waals surface area contributed by atoms with Crippen LogP contribution >= 0.6 is 0 Å². The van der Waals surface area contributed by atoms with Crippen LogP contribution in [0.2, 0.25) is 0 Å². The van der Waals surface area contributed by atoms with Gasteiger partial charge >= 0.3 is 11.9 Å². The average Bonchev–Trinajstić information content (AvgIpc) is 3.21. The zero-order chi connectivity index (χ0) is 19.8. The van der Waals surface area contributed by atoms with Gasteiger partial charge in [-0.3, -0.25) is 9.59 Å². The van der Waals surface area contributed by atoms with Gasteiger partial charge in [0.2, 0.25) is 0 Å². The summed E-state index contributed by atoms with van der Waals surface area (Å²) in [4.78, 5) is 26.5. The molecule has 0 aromatic heterocycles. The minimum Gasteiger partial charge on any atom is -0.458 e. The summed E-state index contributed by atoms with van der Waals surface area (Å²) >= 11 is 0. The van der Waals surface area contributed by atoms with Gasteiger partial charge in [0.15, 0.2) is 6.10 Å². The molecule has 2 fully saturated rings. The SMILES string of the molecule is CCCC[C@H]1OC(=O)[C@H]2[C@@H]1OC(=O)[C@]21Cc2c3ccccc3c1c1ccccc21. The Morgan fingerprint density at radius 2 is 1.55 bits per heavy atom. The van der Waals surface area contributed by atoms with E-state index >= 15 is 0 Å². The molecule has 0 N–H and O–H groups in total. The van der Waals surface area contributed by atoms with Crippen LogP contribution in [0.1, 0.15) is 37.3 Å². The van der Waals surface area contributed by atoms with Crippen molar-refractivity contribution in [3.63, 3.8) is 0 Å². The van der Waals surface area contributed by atoms with Gasteiger partial charge in [-0.2, -0.15) is 0 Å². The molecule has 2 aliphatic heterocycles. The molecule has 0 unspecified atom stereocenters. The molecule has 1 spiro atoms. The lowest BCUT2D eigenvalue weighted by molar-refractivity contribution is -0.157. The molecule has 4 atom stereocenters. The van der Waals surface area contributed by atoms with Gasteiger partial charge < -0.3 is 9.47 Å². The molecule has 29 heavy (non-hydrogen) atoms. The van der Waals surface area contributed by atoms with E-state index in [1.54, 1.807) is 0 Å². The minimum absolute atomic E-state index is 0.262. The van der Waals surface area contributed by atoms with Crippen molar-refractivity contribution in [1.29, 1.82) is 0 Å². The molecular weight excluding hydrogens is 364 g/mol. The molecule has 2 aliphatic carbocycles. The first kappa shape index (κ1) is 17.0. The topological polar surface area (TPSA) is 52.6 Å². The van der Waals surface area contributed by atoms with Crippen molar-refractivity contribution in [3.05, 3.63) is 59.7 Å². The third kappa shape index (κ3) is 1.99.